The van der Waals surface area contributed by atoms with Crippen LogP contribution in [0.2, 0.25) is 0 Å². The number of para-hydroxylation sites is 1. The van der Waals surface area contributed by atoms with Crippen LogP contribution in [0.3, 0.4) is 0 Å². The molecular weight excluding hydrogens is 328 g/mol. The number of carbonyl (C=O) groups is 1. The van der Waals surface area contributed by atoms with E-state index in [1.807, 2.05) is 61.5 Å². The second-order valence-electron chi connectivity index (χ2n) is 5.97. The number of hydrogen-bond acceptors (Lipinski definition) is 4. The largest absolute Gasteiger partial charge is 0.385 e. The summed E-state index contributed by atoms with van der Waals surface area (Å²) in [5.74, 6) is 0.504. The van der Waals surface area contributed by atoms with Gasteiger partial charge in [-0.25, -0.2) is 9.67 Å². The quantitative estimate of drug-likeness (QED) is 0.665. The van der Waals surface area contributed by atoms with Crippen molar-refractivity contribution in [1.82, 2.24) is 20.1 Å². The number of ether oxygens (including phenoxy) is 1. The molecule has 1 N–H and O–H groups in total. The lowest BCUT2D eigenvalue weighted by Crippen LogP contribution is -2.26. The molecule has 1 aromatic heterocycles. The molecule has 6 heteroatoms. The minimum Gasteiger partial charge on any atom is -0.385 e. The Hall–Kier alpha value is -2.99. The molecule has 134 valence electrons. The van der Waals surface area contributed by atoms with Crippen molar-refractivity contribution in [1.29, 1.82) is 0 Å². The van der Waals surface area contributed by atoms with Crippen LogP contribution in [0.25, 0.3) is 17.1 Å². The summed E-state index contributed by atoms with van der Waals surface area (Å²) in [5, 5.41) is 7.27. The highest BCUT2D eigenvalue weighted by Gasteiger charge is 2.18. The van der Waals surface area contributed by atoms with Crippen molar-refractivity contribution in [2.45, 2.75) is 13.3 Å². The van der Waals surface area contributed by atoms with Crippen LogP contribution in [0.5, 0.6) is 0 Å². The highest BCUT2D eigenvalue weighted by Crippen LogP contribution is 2.21. The van der Waals surface area contributed by atoms with Crippen LogP contribution in [0.1, 0.15) is 22.6 Å². The van der Waals surface area contributed by atoms with E-state index in [-0.39, 0.29) is 11.7 Å². The molecule has 0 atom stereocenters. The first-order chi connectivity index (χ1) is 12.7. The number of rotatable bonds is 7. The first kappa shape index (κ1) is 17.8. The SMILES string of the molecule is COCCCNC(=O)c1nc(-c2ccc(C)cc2)n(-c2ccccc2)n1. The molecule has 1 heterocycles. The summed E-state index contributed by atoms with van der Waals surface area (Å²) in [4.78, 5) is 16.9. The van der Waals surface area contributed by atoms with E-state index in [1.165, 1.54) is 0 Å². The van der Waals surface area contributed by atoms with Gasteiger partial charge in [0.25, 0.3) is 5.91 Å². The molecule has 0 fully saturated rings. The van der Waals surface area contributed by atoms with E-state index in [4.69, 9.17) is 4.74 Å². The molecule has 3 aromatic rings. The molecule has 0 bridgehead atoms. The molecule has 0 aliphatic heterocycles. The zero-order chi connectivity index (χ0) is 18.4. The summed E-state index contributed by atoms with van der Waals surface area (Å²) < 4.78 is 6.69. The van der Waals surface area contributed by atoms with Crippen LogP contribution in [-0.4, -0.2) is 40.9 Å². The van der Waals surface area contributed by atoms with Crippen LogP contribution in [0.4, 0.5) is 0 Å². The third kappa shape index (κ3) is 4.15. The minimum absolute atomic E-state index is 0.154. The zero-order valence-corrected chi connectivity index (χ0v) is 15.0. The highest BCUT2D eigenvalue weighted by atomic mass is 16.5. The predicted octanol–water partition coefficient (Wildman–Crippen LogP) is 3.01. The van der Waals surface area contributed by atoms with E-state index in [0.29, 0.717) is 19.0 Å². The summed E-state index contributed by atoms with van der Waals surface area (Å²) in [6.07, 6.45) is 0.743. The van der Waals surface area contributed by atoms with Crippen LogP contribution in [0.15, 0.2) is 54.6 Å². The number of nitrogens with zero attached hydrogens (tertiary/aromatic N) is 3. The molecule has 2 aromatic carbocycles. The fraction of sp³-hybridized carbons (Fsp3) is 0.250. The number of methoxy groups -OCH3 is 1. The number of amides is 1. The maximum Gasteiger partial charge on any atom is 0.290 e. The number of aromatic nitrogens is 3. The third-order valence-corrected chi connectivity index (χ3v) is 3.93. The van der Waals surface area contributed by atoms with E-state index in [9.17, 15) is 4.79 Å². The van der Waals surface area contributed by atoms with Crippen molar-refractivity contribution >= 4 is 5.91 Å². The number of carbonyl (C=O) groups excluding carboxylic acids is 1. The molecule has 0 aliphatic carbocycles. The Morgan fingerprint density at radius 2 is 1.85 bits per heavy atom. The molecule has 1 amide bonds. The number of hydrogen-bond donors (Lipinski definition) is 1. The Balaban J connectivity index is 1.93. The van der Waals surface area contributed by atoms with Crippen LogP contribution >= 0.6 is 0 Å². The summed E-state index contributed by atoms with van der Waals surface area (Å²) in [7, 11) is 1.64. The average molecular weight is 350 g/mol. The summed E-state index contributed by atoms with van der Waals surface area (Å²) >= 11 is 0. The van der Waals surface area contributed by atoms with E-state index in [0.717, 1.165) is 23.2 Å². The first-order valence-corrected chi connectivity index (χ1v) is 8.55. The molecule has 0 saturated carbocycles. The monoisotopic (exact) mass is 350 g/mol. The van der Waals surface area contributed by atoms with E-state index in [1.54, 1.807) is 11.8 Å². The molecule has 3 rings (SSSR count). The highest BCUT2D eigenvalue weighted by molar-refractivity contribution is 5.91. The lowest BCUT2D eigenvalue weighted by molar-refractivity contribution is 0.0938. The van der Waals surface area contributed by atoms with Gasteiger partial charge in [0.2, 0.25) is 5.82 Å². The fourth-order valence-corrected chi connectivity index (χ4v) is 2.54. The van der Waals surface area contributed by atoms with Crippen molar-refractivity contribution in [2.75, 3.05) is 20.3 Å². The Morgan fingerprint density at radius 3 is 2.54 bits per heavy atom. The first-order valence-electron chi connectivity index (χ1n) is 8.55. The maximum atomic E-state index is 12.4. The third-order valence-electron chi connectivity index (χ3n) is 3.93. The molecule has 0 unspecified atom stereocenters. The van der Waals surface area contributed by atoms with E-state index < -0.39 is 0 Å². The Labute approximate surface area is 152 Å². The molecule has 6 nitrogen and oxygen atoms in total. The van der Waals surface area contributed by atoms with Crippen LogP contribution in [0, 0.1) is 6.92 Å². The lowest BCUT2D eigenvalue weighted by atomic mass is 10.1. The van der Waals surface area contributed by atoms with Gasteiger partial charge in [-0.1, -0.05) is 48.0 Å². The van der Waals surface area contributed by atoms with Crippen LogP contribution in [-0.2, 0) is 4.74 Å². The van der Waals surface area contributed by atoms with Gasteiger partial charge in [0, 0.05) is 25.8 Å². The normalized spacial score (nSPS) is 10.7. The van der Waals surface area contributed by atoms with Gasteiger partial charge < -0.3 is 10.1 Å². The molecule has 0 radical (unpaired) electrons. The lowest BCUT2D eigenvalue weighted by Gasteiger charge is -2.05. The second-order valence-corrected chi connectivity index (χ2v) is 5.97. The molecule has 0 aliphatic rings. The van der Waals surface area contributed by atoms with Crippen LogP contribution < -0.4 is 5.32 Å². The molecule has 0 spiro atoms. The zero-order valence-electron chi connectivity index (χ0n) is 15.0. The topological polar surface area (TPSA) is 69.0 Å². The molecular formula is C20H22N4O2. The Morgan fingerprint density at radius 1 is 1.12 bits per heavy atom. The van der Waals surface area contributed by atoms with Gasteiger partial charge in [0.1, 0.15) is 0 Å². The van der Waals surface area contributed by atoms with E-state index in [2.05, 4.69) is 15.4 Å². The van der Waals surface area contributed by atoms with Gasteiger partial charge in [0.15, 0.2) is 5.82 Å². The second kappa shape index (κ2) is 8.40. The van der Waals surface area contributed by atoms with Crippen molar-refractivity contribution < 1.29 is 9.53 Å². The van der Waals surface area contributed by atoms with Crippen molar-refractivity contribution in [2.24, 2.45) is 0 Å². The number of benzene rings is 2. The maximum absolute atomic E-state index is 12.4. The molecule has 0 saturated heterocycles. The van der Waals surface area contributed by atoms with Crippen molar-refractivity contribution in [3.63, 3.8) is 0 Å². The van der Waals surface area contributed by atoms with Crippen molar-refractivity contribution in [3.8, 4) is 17.1 Å². The summed E-state index contributed by atoms with van der Waals surface area (Å²) in [6, 6.07) is 17.7. The van der Waals surface area contributed by atoms with Gasteiger partial charge in [-0.2, -0.15) is 0 Å². The summed E-state index contributed by atoms with van der Waals surface area (Å²) in [5.41, 5.74) is 2.93. The van der Waals surface area contributed by atoms with Gasteiger partial charge in [-0.15, -0.1) is 5.10 Å². The van der Waals surface area contributed by atoms with E-state index >= 15 is 0 Å². The predicted molar refractivity (Wildman–Crippen MR) is 100 cm³/mol. The molecule has 26 heavy (non-hydrogen) atoms. The minimum atomic E-state index is -0.288. The Kier molecular flexibility index (Phi) is 5.76. The van der Waals surface area contributed by atoms with Gasteiger partial charge in [-0.05, 0) is 25.5 Å². The van der Waals surface area contributed by atoms with Gasteiger partial charge in [0.05, 0.1) is 5.69 Å². The summed E-state index contributed by atoms with van der Waals surface area (Å²) in [6.45, 7) is 3.15. The number of aryl methyl sites for hydroxylation is 1. The van der Waals surface area contributed by atoms with Gasteiger partial charge >= 0.3 is 0 Å². The van der Waals surface area contributed by atoms with Gasteiger partial charge in [-0.3, -0.25) is 4.79 Å². The average Bonchev–Trinajstić information content (AvgIpc) is 3.12. The van der Waals surface area contributed by atoms with Crippen molar-refractivity contribution in [3.05, 3.63) is 66.0 Å². The Bertz CT molecular complexity index is 857. The standard InChI is InChI=1S/C20H22N4O2/c1-15-9-11-16(12-10-15)19-22-18(20(25)21-13-6-14-26-2)23-24(19)17-7-4-3-5-8-17/h3-5,7-12H,6,13-14H2,1-2H3,(H,21,25). The fourth-order valence-electron chi connectivity index (χ4n) is 2.54. The smallest absolute Gasteiger partial charge is 0.290 e. The number of nitrogens with one attached hydrogen (secondary N) is 1.